The molecule has 2 rings (SSSR count). The van der Waals surface area contributed by atoms with Gasteiger partial charge in [0.2, 0.25) is 10.0 Å². The third-order valence-corrected chi connectivity index (χ3v) is 6.60. The maximum Gasteiger partial charge on any atom is 0.241 e. The molecule has 1 aliphatic heterocycles. The Labute approximate surface area is 129 Å². The highest BCUT2D eigenvalue weighted by atomic mass is 32.2. The highest BCUT2D eigenvalue weighted by Crippen LogP contribution is 2.37. The monoisotopic (exact) mass is 330 g/mol. The first-order valence-electron chi connectivity index (χ1n) is 6.37. The molecular weight excluding hydrogens is 312 g/mol. The highest BCUT2D eigenvalue weighted by Gasteiger charge is 2.31. The van der Waals surface area contributed by atoms with Crippen LogP contribution in [-0.2, 0) is 10.0 Å². The van der Waals surface area contributed by atoms with Crippen molar-refractivity contribution < 1.29 is 8.42 Å². The lowest BCUT2D eigenvalue weighted by molar-refractivity contribution is 0.552. The molecule has 1 aromatic rings. The Balaban J connectivity index is 2.20. The molecule has 1 aromatic carbocycles. The van der Waals surface area contributed by atoms with Crippen molar-refractivity contribution in [1.29, 1.82) is 0 Å². The van der Waals surface area contributed by atoms with Gasteiger partial charge in [0.15, 0.2) is 0 Å². The Morgan fingerprint density at radius 2 is 2.20 bits per heavy atom. The number of thiocarbonyl (C=S) groups is 1. The zero-order valence-electron chi connectivity index (χ0n) is 11.3. The van der Waals surface area contributed by atoms with E-state index in [0.717, 1.165) is 18.6 Å². The van der Waals surface area contributed by atoms with E-state index in [4.69, 9.17) is 18.0 Å². The number of sulfonamides is 1. The van der Waals surface area contributed by atoms with Gasteiger partial charge in [0.1, 0.15) is 4.99 Å². The summed E-state index contributed by atoms with van der Waals surface area (Å²) in [5.41, 5.74) is 5.98. The van der Waals surface area contributed by atoms with E-state index < -0.39 is 10.0 Å². The smallest absolute Gasteiger partial charge is 0.241 e. The van der Waals surface area contributed by atoms with Crippen LogP contribution in [0.25, 0.3) is 0 Å². The highest BCUT2D eigenvalue weighted by molar-refractivity contribution is 8.01. The Morgan fingerprint density at radius 3 is 2.80 bits per heavy atom. The van der Waals surface area contributed by atoms with Crippen molar-refractivity contribution in [2.45, 2.75) is 29.4 Å². The number of benzene rings is 1. The Bertz CT molecular complexity index is 608. The van der Waals surface area contributed by atoms with Gasteiger partial charge >= 0.3 is 0 Å². The minimum atomic E-state index is -3.59. The van der Waals surface area contributed by atoms with Crippen LogP contribution in [0.2, 0.25) is 0 Å². The second-order valence-corrected chi connectivity index (χ2v) is 8.94. The van der Waals surface area contributed by atoms with Crippen LogP contribution in [0.15, 0.2) is 29.2 Å². The number of rotatable bonds is 5. The molecule has 20 heavy (non-hydrogen) atoms. The van der Waals surface area contributed by atoms with E-state index in [-0.39, 0.29) is 14.6 Å². The zero-order chi connectivity index (χ0) is 14.8. The Morgan fingerprint density at radius 1 is 1.50 bits per heavy atom. The summed E-state index contributed by atoms with van der Waals surface area (Å²) in [4.78, 5) is 0.242. The largest absolute Gasteiger partial charge is 0.389 e. The second kappa shape index (κ2) is 6.01. The van der Waals surface area contributed by atoms with Gasteiger partial charge in [0, 0.05) is 16.9 Å². The number of hydrogen-bond donors (Lipinski definition) is 2. The number of hydrogen-bond acceptors (Lipinski definition) is 4. The molecule has 1 unspecified atom stereocenters. The van der Waals surface area contributed by atoms with Gasteiger partial charge in [-0.15, -0.1) is 0 Å². The van der Waals surface area contributed by atoms with E-state index in [1.54, 1.807) is 18.2 Å². The Hall–Kier alpha value is -0.630. The normalized spacial score (nSPS) is 22.9. The van der Waals surface area contributed by atoms with Crippen LogP contribution in [-0.4, -0.2) is 30.5 Å². The van der Waals surface area contributed by atoms with E-state index in [9.17, 15) is 8.42 Å². The average Bonchev–Trinajstić information content (AvgIpc) is 2.84. The third-order valence-electron chi connectivity index (χ3n) is 3.38. The lowest BCUT2D eigenvalue weighted by Gasteiger charge is -2.23. The summed E-state index contributed by atoms with van der Waals surface area (Å²) in [6.07, 6.45) is 2.16. The van der Waals surface area contributed by atoms with Gasteiger partial charge in [0.25, 0.3) is 0 Å². The molecule has 0 saturated carbocycles. The van der Waals surface area contributed by atoms with Crippen molar-refractivity contribution in [2.75, 3.05) is 12.3 Å². The molecule has 110 valence electrons. The van der Waals surface area contributed by atoms with E-state index in [2.05, 4.69) is 11.6 Å². The maximum absolute atomic E-state index is 12.4. The molecular formula is C13H18N2O2S3. The van der Waals surface area contributed by atoms with Gasteiger partial charge in [-0.25, -0.2) is 13.1 Å². The average molecular weight is 331 g/mol. The minimum Gasteiger partial charge on any atom is -0.389 e. The van der Waals surface area contributed by atoms with Gasteiger partial charge < -0.3 is 5.73 Å². The standard InChI is InChI=1S/C13H18N2O2S3/c1-13(7-4-8-19-13)9-15-20(16,17)11-6-3-2-5-10(11)12(14)18/h2-3,5-6,15H,4,7-9H2,1H3,(H2,14,18). The van der Waals surface area contributed by atoms with Crippen LogP contribution in [0, 0.1) is 0 Å². The molecule has 0 aromatic heterocycles. The van der Waals surface area contributed by atoms with Crippen LogP contribution >= 0.6 is 24.0 Å². The fourth-order valence-corrected chi connectivity index (χ4v) is 5.17. The van der Waals surface area contributed by atoms with Gasteiger partial charge in [-0.3, -0.25) is 0 Å². The van der Waals surface area contributed by atoms with Crippen molar-refractivity contribution in [3.05, 3.63) is 29.8 Å². The minimum absolute atomic E-state index is 0.0226. The van der Waals surface area contributed by atoms with Crippen molar-refractivity contribution in [3.63, 3.8) is 0 Å². The zero-order valence-corrected chi connectivity index (χ0v) is 13.7. The molecule has 1 saturated heterocycles. The molecule has 1 aliphatic rings. The predicted molar refractivity (Wildman–Crippen MR) is 87.6 cm³/mol. The van der Waals surface area contributed by atoms with Crippen molar-refractivity contribution in [3.8, 4) is 0 Å². The predicted octanol–water partition coefficient (Wildman–Crippen LogP) is 1.88. The number of thioether (sulfide) groups is 1. The van der Waals surface area contributed by atoms with Crippen LogP contribution in [0.4, 0.5) is 0 Å². The molecule has 0 spiro atoms. The van der Waals surface area contributed by atoms with Crippen molar-refractivity contribution in [2.24, 2.45) is 5.73 Å². The summed E-state index contributed by atoms with van der Waals surface area (Å²) in [7, 11) is -3.59. The van der Waals surface area contributed by atoms with Crippen LogP contribution in [0.5, 0.6) is 0 Å². The lowest BCUT2D eigenvalue weighted by atomic mass is 10.1. The molecule has 1 heterocycles. The Kier molecular flexibility index (Phi) is 4.73. The molecule has 0 radical (unpaired) electrons. The van der Waals surface area contributed by atoms with E-state index in [1.807, 2.05) is 11.8 Å². The summed E-state index contributed by atoms with van der Waals surface area (Å²) >= 11 is 6.73. The fraction of sp³-hybridized carbons (Fsp3) is 0.462. The van der Waals surface area contributed by atoms with Crippen molar-refractivity contribution in [1.82, 2.24) is 4.72 Å². The van der Waals surface area contributed by atoms with Gasteiger partial charge in [0.05, 0.1) is 4.90 Å². The third kappa shape index (κ3) is 3.52. The molecule has 3 N–H and O–H groups in total. The van der Waals surface area contributed by atoms with E-state index in [0.29, 0.717) is 12.1 Å². The first-order chi connectivity index (χ1) is 9.34. The van der Waals surface area contributed by atoms with E-state index >= 15 is 0 Å². The van der Waals surface area contributed by atoms with Crippen LogP contribution in [0.3, 0.4) is 0 Å². The van der Waals surface area contributed by atoms with Gasteiger partial charge in [-0.05, 0) is 31.6 Å². The maximum atomic E-state index is 12.4. The summed E-state index contributed by atoms with van der Waals surface area (Å²) in [6, 6.07) is 6.55. The van der Waals surface area contributed by atoms with Crippen molar-refractivity contribution >= 4 is 39.0 Å². The first-order valence-corrected chi connectivity index (χ1v) is 9.24. The molecule has 4 nitrogen and oxygen atoms in total. The number of nitrogens with two attached hydrogens (primary N) is 1. The van der Waals surface area contributed by atoms with Gasteiger partial charge in [-0.1, -0.05) is 30.4 Å². The lowest BCUT2D eigenvalue weighted by Crippen LogP contribution is -2.37. The molecule has 0 amide bonds. The summed E-state index contributed by atoms with van der Waals surface area (Å²) in [5, 5.41) is 0. The van der Waals surface area contributed by atoms with E-state index in [1.165, 1.54) is 6.07 Å². The molecule has 1 atom stereocenters. The first kappa shape index (κ1) is 15.8. The summed E-state index contributed by atoms with van der Waals surface area (Å²) in [5.74, 6) is 1.09. The number of nitrogens with one attached hydrogen (secondary N) is 1. The fourth-order valence-electron chi connectivity index (χ4n) is 2.21. The van der Waals surface area contributed by atoms with Gasteiger partial charge in [-0.2, -0.15) is 11.8 Å². The summed E-state index contributed by atoms with van der Waals surface area (Å²) in [6.45, 7) is 2.51. The molecule has 7 heteroatoms. The second-order valence-electron chi connectivity index (χ2n) is 5.09. The summed E-state index contributed by atoms with van der Waals surface area (Å²) < 4.78 is 27.5. The molecule has 0 aliphatic carbocycles. The SMILES string of the molecule is CC1(CNS(=O)(=O)c2ccccc2C(N)=S)CCCS1. The van der Waals surface area contributed by atoms with Crippen LogP contribution < -0.4 is 10.5 Å². The molecule has 1 fully saturated rings. The van der Waals surface area contributed by atoms with Crippen LogP contribution in [0.1, 0.15) is 25.3 Å². The topological polar surface area (TPSA) is 72.2 Å². The molecule has 0 bridgehead atoms. The quantitative estimate of drug-likeness (QED) is 0.807.